The highest BCUT2D eigenvalue weighted by Gasteiger charge is 2.33. The van der Waals surface area contributed by atoms with Gasteiger partial charge in [-0.1, -0.05) is 0 Å². The van der Waals surface area contributed by atoms with Crippen LogP contribution < -0.4 is 5.32 Å². The van der Waals surface area contributed by atoms with E-state index in [1.807, 2.05) is 12.3 Å². The number of carbonyl (C=O) groups excluding carboxylic acids is 1. The third-order valence-corrected chi connectivity index (χ3v) is 3.71. The van der Waals surface area contributed by atoms with Gasteiger partial charge in [0.2, 0.25) is 0 Å². The maximum absolute atomic E-state index is 11.9. The van der Waals surface area contributed by atoms with Crippen molar-refractivity contribution in [3.63, 3.8) is 0 Å². The Labute approximate surface area is 109 Å². The van der Waals surface area contributed by atoms with Crippen LogP contribution in [0, 0.1) is 6.92 Å². The van der Waals surface area contributed by atoms with E-state index in [0.717, 1.165) is 17.1 Å². The Morgan fingerprint density at radius 3 is 3.06 bits per heavy atom. The summed E-state index contributed by atoms with van der Waals surface area (Å²) in [6.45, 7) is 2.74. The highest BCUT2D eigenvalue weighted by atomic mass is 32.1. The van der Waals surface area contributed by atoms with Gasteiger partial charge >= 0.3 is 12.0 Å². The molecule has 0 radical (unpaired) electrons. The van der Waals surface area contributed by atoms with Gasteiger partial charge in [-0.3, -0.25) is 0 Å². The van der Waals surface area contributed by atoms with Crippen LogP contribution >= 0.6 is 11.3 Å². The van der Waals surface area contributed by atoms with Crippen LogP contribution in [0.5, 0.6) is 0 Å². The predicted molar refractivity (Wildman–Crippen MR) is 66.5 cm³/mol. The third kappa shape index (κ3) is 2.79. The van der Waals surface area contributed by atoms with Gasteiger partial charge in [-0.15, -0.1) is 11.3 Å². The lowest BCUT2D eigenvalue weighted by Crippen LogP contribution is -2.45. The first-order chi connectivity index (χ1) is 8.58. The van der Waals surface area contributed by atoms with Gasteiger partial charge in [0, 0.05) is 11.9 Å². The minimum absolute atomic E-state index is 0.328. The average molecular weight is 269 g/mol. The van der Waals surface area contributed by atoms with Crippen LogP contribution in [-0.4, -0.2) is 39.6 Å². The van der Waals surface area contributed by atoms with Crippen molar-refractivity contribution < 1.29 is 14.7 Å². The van der Waals surface area contributed by atoms with E-state index in [1.54, 1.807) is 0 Å². The normalized spacial score (nSPS) is 18.9. The molecule has 1 saturated heterocycles. The Morgan fingerprint density at radius 2 is 2.44 bits per heavy atom. The van der Waals surface area contributed by atoms with Crippen molar-refractivity contribution in [2.24, 2.45) is 0 Å². The minimum atomic E-state index is -0.938. The van der Waals surface area contributed by atoms with Crippen LogP contribution in [0.4, 0.5) is 4.79 Å². The number of carboxylic acid groups (broad SMARTS) is 1. The van der Waals surface area contributed by atoms with Gasteiger partial charge in [0.15, 0.2) is 0 Å². The van der Waals surface area contributed by atoms with Crippen molar-refractivity contribution in [3.05, 3.63) is 16.1 Å². The molecule has 1 fully saturated rings. The Bertz CT molecular complexity index is 460. The van der Waals surface area contributed by atoms with Crippen molar-refractivity contribution in [2.45, 2.75) is 32.4 Å². The first-order valence-corrected chi connectivity index (χ1v) is 6.64. The van der Waals surface area contributed by atoms with E-state index in [1.165, 1.54) is 16.2 Å². The minimum Gasteiger partial charge on any atom is -0.480 e. The summed E-state index contributed by atoms with van der Waals surface area (Å²) < 4.78 is 0. The van der Waals surface area contributed by atoms with E-state index in [2.05, 4.69) is 10.3 Å². The van der Waals surface area contributed by atoms with Crippen LogP contribution in [0.15, 0.2) is 5.38 Å². The molecule has 1 atom stereocenters. The van der Waals surface area contributed by atoms with Crippen molar-refractivity contribution in [1.82, 2.24) is 15.2 Å². The fourth-order valence-electron chi connectivity index (χ4n) is 2.02. The van der Waals surface area contributed by atoms with E-state index in [0.29, 0.717) is 19.5 Å². The maximum atomic E-state index is 11.9. The molecule has 98 valence electrons. The fraction of sp³-hybridized carbons (Fsp3) is 0.545. The lowest BCUT2D eigenvalue weighted by Gasteiger charge is -2.21. The van der Waals surface area contributed by atoms with Crippen molar-refractivity contribution in [3.8, 4) is 0 Å². The molecule has 1 aromatic heterocycles. The first kappa shape index (κ1) is 12.8. The number of nitrogens with zero attached hydrogens (tertiary/aromatic N) is 2. The topological polar surface area (TPSA) is 82.5 Å². The van der Waals surface area contributed by atoms with Gasteiger partial charge in [0.25, 0.3) is 0 Å². The molecule has 1 aromatic rings. The van der Waals surface area contributed by atoms with Crippen LogP contribution in [-0.2, 0) is 11.3 Å². The molecule has 0 spiro atoms. The first-order valence-electron chi connectivity index (χ1n) is 5.76. The highest BCUT2D eigenvalue weighted by molar-refractivity contribution is 7.09. The maximum Gasteiger partial charge on any atom is 0.326 e. The zero-order valence-corrected chi connectivity index (χ0v) is 10.9. The number of carboxylic acids is 1. The Morgan fingerprint density at radius 1 is 1.67 bits per heavy atom. The number of thiazole rings is 1. The molecule has 0 aliphatic carbocycles. The quantitative estimate of drug-likeness (QED) is 0.864. The largest absolute Gasteiger partial charge is 0.480 e. The standard InChI is InChI=1S/C11H15N3O3S/c1-7-13-8(6-18-7)5-12-11(17)14-4-2-3-9(14)10(15)16/h6,9H,2-5H2,1H3,(H,12,17)(H,15,16)/t9-/m0/s1. The van der Waals surface area contributed by atoms with Gasteiger partial charge in [-0.25, -0.2) is 14.6 Å². The summed E-state index contributed by atoms with van der Waals surface area (Å²) >= 11 is 1.52. The Kier molecular flexibility index (Phi) is 3.81. The number of urea groups is 1. The second-order valence-corrected chi connectivity index (χ2v) is 5.27. The van der Waals surface area contributed by atoms with Gasteiger partial charge in [-0.05, 0) is 19.8 Å². The summed E-state index contributed by atoms with van der Waals surface area (Å²) in [5, 5.41) is 14.5. The number of amides is 2. The molecule has 2 rings (SSSR count). The van der Waals surface area contributed by atoms with Crippen molar-refractivity contribution in [2.75, 3.05) is 6.54 Å². The van der Waals surface area contributed by atoms with Crippen LogP contribution in [0.1, 0.15) is 23.5 Å². The van der Waals surface area contributed by atoms with Crippen LogP contribution in [0.2, 0.25) is 0 Å². The number of hydrogen-bond acceptors (Lipinski definition) is 4. The summed E-state index contributed by atoms with van der Waals surface area (Å²) in [5.74, 6) is -0.938. The number of nitrogens with one attached hydrogen (secondary N) is 1. The molecule has 0 unspecified atom stereocenters. The number of aromatic nitrogens is 1. The number of hydrogen-bond donors (Lipinski definition) is 2. The SMILES string of the molecule is Cc1nc(CNC(=O)N2CCC[C@H]2C(=O)O)cs1. The molecule has 2 N–H and O–H groups in total. The predicted octanol–water partition coefficient (Wildman–Crippen LogP) is 1.21. The molecule has 18 heavy (non-hydrogen) atoms. The molecule has 0 aromatic carbocycles. The molecular formula is C11H15N3O3S. The number of likely N-dealkylation sites (tertiary alicyclic amines) is 1. The van der Waals surface area contributed by atoms with E-state index >= 15 is 0 Å². The zero-order valence-electron chi connectivity index (χ0n) is 10.0. The van der Waals surface area contributed by atoms with Gasteiger partial charge in [-0.2, -0.15) is 0 Å². The van der Waals surface area contributed by atoms with E-state index < -0.39 is 12.0 Å². The van der Waals surface area contributed by atoms with Crippen LogP contribution in [0.3, 0.4) is 0 Å². The molecule has 1 aliphatic rings. The summed E-state index contributed by atoms with van der Waals surface area (Å²) in [7, 11) is 0. The molecule has 0 bridgehead atoms. The molecule has 7 heteroatoms. The summed E-state index contributed by atoms with van der Waals surface area (Å²) in [6.07, 6.45) is 1.26. The lowest BCUT2D eigenvalue weighted by atomic mass is 10.2. The summed E-state index contributed by atoms with van der Waals surface area (Å²) in [4.78, 5) is 28.4. The fourth-order valence-corrected chi connectivity index (χ4v) is 2.64. The Hall–Kier alpha value is -1.63. The van der Waals surface area contributed by atoms with E-state index in [4.69, 9.17) is 5.11 Å². The Balaban J connectivity index is 1.89. The van der Waals surface area contributed by atoms with Crippen LogP contribution in [0.25, 0.3) is 0 Å². The van der Waals surface area contributed by atoms with Gasteiger partial charge < -0.3 is 15.3 Å². The molecule has 0 saturated carbocycles. The smallest absolute Gasteiger partial charge is 0.326 e. The molecule has 6 nitrogen and oxygen atoms in total. The monoisotopic (exact) mass is 269 g/mol. The van der Waals surface area contributed by atoms with E-state index in [-0.39, 0.29) is 6.03 Å². The molecule has 2 heterocycles. The van der Waals surface area contributed by atoms with Gasteiger partial charge in [0.1, 0.15) is 6.04 Å². The average Bonchev–Trinajstić information content (AvgIpc) is 2.94. The van der Waals surface area contributed by atoms with Crippen molar-refractivity contribution >= 4 is 23.3 Å². The summed E-state index contributed by atoms with van der Waals surface area (Å²) in [5.41, 5.74) is 0.803. The zero-order chi connectivity index (χ0) is 13.1. The third-order valence-electron chi connectivity index (χ3n) is 2.89. The van der Waals surface area contributed by atoms with Crippen molar-refractivity contribution in [1.29, 1.82) is 0 Å². The second kappa shape index (κ2) is 5.34. The second-order valence-electron chi connectivity index (χ2n) is 4.21. The highest BCUT2D eigenvalue weighted by Crippen LogP contribution is 2.17. The number of rotatable bonds is 3. The molecule has 1 aliphatic heterocycles. The summed E-state index contributed by atoms with van der Waals surface area (Å²) in [6, 6.07) is -1.02. The molecular weight excluding hydrogens is 254 g/mol. The lowest BCUT2D eigenvalue weighted by molar-refractivity contribution is -0.141. The number of aliphatic carboxylic acids is 1. The van der Waals surface area contributed by atoms with E-state index in [9.17, 15) is 9.59 Å². The number of carbonyl (C=O) groups is 2. The molecule has 2 amide bonds. The van der Waals surface area contributed by atoms with Gasteiger partial charge in [0.05, 0.1) is 17.2 Å². The number of aryl methyl sites for hydroxylation is 1.